The van der Waals surface area contributed by atoms with Gasteiger partial charge in [-0.3, -0.25) is 0 Å². The van der Waals surface area contributed by atoms with E-state index < -0.39 is 130 Å². The topological polar surface area (TPSA) is 442 Å². The monoisotopic (exact) mass is 1130 g/mol. The van der Waals surface area contributed by atoms with Crippen molar-refractivity contribution in [2.75, 3.05) is 0 Å². The Labute approximate surface area is 320 Å². The first kappa shape index (κ1) is 71.9. The molecule has 0 fully saturated rings. The molecule has 0 saturated heterocycles. The zero-order valence-corrected chi connectivity index (χ0v) is 37.3. The molecule has 0 aliphatic heterocycles. The third kappa shape index (κ3) is 941. The summed E-state index contributed by atoms with van der Waals surface area (Å²) in [4.78, 5) is 0. The standard InChI is InChI=1S/2La.21O.7Ti.2Zr/q2*+3;;;;;;;;14*-1;;;;;;;;2*+4. The maximum absolute atomic E-state index is 8.58. The Balaban J connectivity index is -0.0000000175. The molecule has 0 aliphatic carbocycles. The maximum Gasteiger partial charge on any atom is 4.00 e. The van der Waals surface area contributed by atoms with Crippen LogP contribution >= 0.6 is 0 Å². The number of hydrogen-bond acceptors (Lipinski definition) is 21. The first-order chi connectivity index (χ1) is 12.1. The van der Waals surface area contributed by atoms with Crippen LogP contribution in [0.15, 0.2) is 0 Å². The van der Waals surface area contributed by atoms with Crippen LogP contribution in [0.5, 0.6) is 0 Å². The van der Waals surface area contributed by atoms with Crippen molar-refractivity contribution in [2.45, 2.75) is 0 Å². The summed E-state index contributed by atoms with van der Waals surface area (Å²) in [5.74, 6) is 0. The minimum Gasteiger partial charge on any atom is 4.00 e. The van der Waals surface area contributed by atoms with Crippen LogP contribution in [-0.4, -0.2) is 0 Å². The summed E-state index contributed by atoms with van der Waals surface area (Å²) in [5, 5.41) is 0. The van der Waals surface area contributed by atoms with Gasteiger partial charge in [-0.05, 0) is 0 Å². The van der Waals surface area contributed by atoms with Gasteiger partial charge in [-0.25, -0.2) is 0 Å². The van der Waals surface area contributed by atoms with E-state index in [1.54, 1.807) is 0 Å². The predicted octanol–water partition coefficient (Wildman–Crippen LogP) is -17.5. The van der Waals surface area contributed by atoms with Gasteiger partial charge < -0.3 is 0 Å². The van der Waals surface area contributed by atoms with Crippen molar-refractivity contribution in [1.29, 1.82) is 0 Å². The second-order valence-electron chi connectivity index (χ2n) is 1.75. The average molecular weight is 1130 g/mol. The van der Waals surface area contributed by atoms with Crippen molar-refractivity contribution in [1.82, 2.24) is 0 Å². The van der Waals surface area contributed by atoms with Gasteiger partial charge in [0.15, 0.2) is 0 Å². The van der Waals surface area contributed by atoms with Crippen LogP contribution in [0.4, 0.5) is 0 Å². The molecule has 21 nitrogen and oxygen atoms in total. The van der Waals surface area contributed by atoms with Gasteiger partial charge in [0, 0.05) is 0 Å². The molecule has 0 saturated carbocycles. The molecule has 0 amide bonds. The molecule has 0 spiro atoms. The fourth-order valence-corrected chi connectivity index (χ4v) is 0. The molecule has 32 heavy (non-hydrogen) atoms. The third-order valence-electron chi connectivity index (χ3n) is 0. The molecule has 168 valence electrons. The molecule has 0 aliphatic rings. The van der Waals surface area contributed by atoms with E-state index in [-0.39, 0.29) is 124 Å². The van der Waals surface area contributed by atoms with Gasteiger partial charge >= 0.3 is 329 Å². The Hall–Kier alpha value is 7.20. The summed E-state index contributed by atoms with van der Waals surface area (Å²) in [6, 6.07) is 0. The van der Waals surface area contributed by atoms with Crippen LogP contribution in [0.3, 0.4) is 0 Å². The van der Waals surface area contributed by atoms with Gasteiger partial charge in [-0.15, -0.1) is 0 Å². The fraction of sp³-hybridized carbons (Fsp3) is 0. The molecule has 0 rings (SSSR count). The normalized spacial score (nSPS) is 5.69. The van der Waals surface area contributed by atoms with Gasteiger partial charge in [0.05, 0.1) is 0 Å². The molecule has 32 heteroatoms. The summed E-state index contributed by atoms with van der Waals surface area (Å²) in [5.41, 5.74) is 0. The summed E-state index contributed by atoms with van der Waals surface area (Å²) in [7, 11) is 0. The minimum absolute atomic E-state index is 0. The quantitative estimate of drug-likeness (QED) is 0.203. The van der Waals surface area contributed by atoms with Crippen molar-refractivity contribution in [3.63, 3.8) is 0 Å². The van der Waals surface area contributed by atoms with Crippen molar-refractivity contribution in [3.05, 3.63) is 0 Å². The SMILES string of the molecule is [La+3].[La+3].[O]=[Ti]([O-])[O-].[O]=[Ti]([O-])[O-].[O]=[Ti]([O-])[O-].[O]=[Ti]([O-])[O-].[O]=[Ti]([O-])[O-].[O]=[Ti]([O-])[O-].[O]=[Ti]([O-])[O-].[Zr+4].[Zr+4]. The van der Waals surface area contributed by atoms with Crippen LogP contribution in [0.25, 0.3) is 0 Å². The molecule has 0 aromatic carbocycles. The summed E-state index contributed by atoms with van der Waals surface area (Å²) in [6.45, 7) is 0. The first-order valence-corrected chi connectivity index (χ1v) is 17.7. The van der Waals surface area contributed by atoms with Gasteiger partial charge in [0.1, 0.15) is 0 Å². The van der Waals surface area contributed by atoms with E-state index in [0.29, 0.717) is 0 Å². The maximum atomic E-state index is 8.58. The molecule has 0 bridgehead atoms. The molecule has 0 unspecified atom stereocenters. The van der Waals surface area contributed by atoms with E-state index in [0.717, 1.165) is 0 Å². The van der Waals surface area contributed by atoms with E-state index in [2.05, 4.69) is 0 Å². The summed E-state index contributed by atoms with van der Waals surface area (Å²) in [6.07, 6.45) is 0. The Morgan fingerprint density at radius 1 is 0.250 bits per heavy atom. The smallest absolute Gasteiger partial charge is 4.00 e. The Bertz CT molecular complexity index is 323. The van der Waals surface area contributed by atoms with Gasteiger partial charge in [-0.1, -0.05) is 0 Å². The van der Waals surface area contributed by atoms with E-state index in [4.69, 9.17) is 74.9 Å². The molecular formula is La2O21Ti7Zr2. The summed E-state index contributed by atoms with van der Waals surface area (Å²) >= 11 is -28.6. The third-order valence-corrected chi connectivity index (χ3v) is 0. The largest absolute Gasteiger partial charge is 4.00 e. The van der Waals surface area contributed by atoms with Crippen LogP contribution in [0, 0.1) is 71.2 Å². The predicted molar refractivity (Wildman–Crippen MR) is 4.81 cm³/mol. The molecule has 0 aromatic heterocycles. The second kappa shape index (κ2) is 66.5. The minimum atomic E-state index is -4.08. The van der Waals surface area contributed by atoms with Crippen molar-refractivity contribution in [3.8, 4) is 0 Å². The Morgan fingerprint density at radius 3 is 0.250 bits per heavy atom. The van der Waals surface area contributed by atoms with Crippen LogP contribution in [0.1, 0.15) is 0 Å². The molecule has 0 radical (unpaired) electrons. The number of rotatable bonds is 0. The van der Waals surface area contributed by atoms with Gasteiger partial charge in [0.25, 0.3) is 0 Å². The van der Waals surface area contributed by atoms with Crippen LogP contribution < -0.4 is 51.6 Å². The molecule has 0 heterocycles. The van der Waals surface area contributed by atoms with E-state index >= 15 is 0 Å². The van der Waals surface area contributed by atoms with Crippen molar-refractivity contribution in [2.24, 2.45) is 0 Å². The summed E-state index contributed by atoms with van der Waals surface area (Å²) < 4.78 is 180. The Morgan fingerprint density at radius 2 is 0.250 bits per heavy atom. The molecular weight excluding hydrogens is 1130 g/mol. The second-order valence-corrected chi connectivity index (χ2v) is 7.22. The zero-order chi connectivity index (χ0) is 25.0. The van der Waals surface area contributed by atoms with Crippen LogP contribution in [-0.2, 0) is 206 Å². The molecule has 0 atom stereocenters. The molecule has 0 aromatic rings. The number of hydrogen-bond donors (Lipinski definition) is 0. The average Bonchev–Trinajstić information content (AvgIpc) is 2.20. The van der Waals surface area contributed by atoms with E-state index in [1.807, 2.05) is 0 Å². The molecule has 0 N–H and O–H groups in total. The Kier molecular flexibility index (Phi) is 149. The fourth-order valence-electron chi connectivity index (χ4n) is 0. The van der Waals surface area contributed by atoms with E-state index in [9.17, 15) is 0 Å². The first-order valence-electron chi connectivity index (χ1n) is 4.29. The van der Waals surface area contributed by atoms with Crippen molar-refractivity contribution < 1.29 is 329 Å². The van der Waals surface area contributed by atoms with Crippen molar-refractivity contribution >= 4 is 0 Å². The van der Waals surface area contributed by atoms with E-state index in [1.165, 1.54) is 0 Å². The van der Waals surface area contributed by atoms with Crippen LogP contribution in [0.2, 0.25) is 0 Å². The van der Waals surface area contributed by atoms with Gasteiger partial charge in [0.2, 0.25) is 0 Å². The zero-order valence-electron chi connectivity index (χ0n) is 14.2. The van der Waals surface area contributed by atoms with Gasteiger partial charge in [-0.2, -0.15) is 0 Å².